The molecule has 0 bridgehead atoms. The number of hydrogen-bond donors (Lipinski definition) is 0. The Balaban J connectivity index is 1.12. The second-order valence-corrected chi connectivity index (χ2v) is 14.4. The van der Waals surface area contributed by atoms with Crippen LogP contribution in [0.1, 0.15) is 0 Å². The molecule has 51 heavy (non-hydrogen) atoms. The highest BCUT2D eigenvalue weighted by Gasteiger charge is 2.17. The topological polar surface area (TPSA) is 9.86 Å². The lowest BCUT2D eigenvalue weighted by molar-refractivity contribution is 1.18. The van der Waals surface area contributed by atoms with Crippen LogP contribution in [0.25, 0.3) is 97.4 Å². The Labute approximate surface area is 298 Å². The van der Waals surface area contributed by atoms with Gasteiger partial charge >= 0.3 is 0 Å². The van der Waals surface area contributed by atoms with Crippen LogP contribution in [0.4, 0.5) is 0 Å². The van der Waals surface area contributed by atoms with Crippen LogP contribution in [-0.4, -0.2) is 9.13 Å². The lowest BCUT2D eigenvalue weighted by Gasteiger charge is -2.12. The van der Waals surface area contributed by atoms with Gasteiger partial charge in [-0.05, 0) is 82.9 Å². The van der Waals surface area contributed by atoms with Crippen LogP contribution in [0, 0.1) is 0 Å². The molecule has 0 atom stereocenters. The maximum atomic E-state index is 2.45. The molecule has 2 nitrogen and oxygen atoms in total. The average molecular weight is 667 g/mol. The van der Waals surface area contributed by atoms with E-state index in [2.05, 4.69) is 191 Å². The lowest BCUT2D eigenvalue weighted by atomic mass is 10.0. The zero-order valence-corrected chi connectivity index (χ0v) is 28.4. The number of para-hydroxylation sites is 2. The molecular weight excluding hydrogens is 637 g/mol. The molecule has 0 amide bonds. The molecule has 3 heterocycles. The van der Waals surface area contributed by atoms with Crippen LogP contribution in [0.2, 0.25) is 0 Å². The zero-order valence-electron chi connectivity index (χ0n) is 27.6. The van der Waals surface area contributed by atoms with Gasteiger partial charge in [-0.15, -0.1) is 11.3 Å². The predicted octanol–water partition coefficient (Wildman–Crippen LogP) is 13.6. The molecule has 0 N–H and O–H groups in total. The SMILES string of the molecule is c1ccc(-c2cccc(-n3c4ccccc4c4ccc(-c5ccc6c7ccccc7n(-c7ccc8sc9ccccc9c8c7)c6c5)cc43)c2)cc1. The Morgan fingerprint density at radius 3 is 1.47 bits per heavy atom. The van der Waals surface area contributed by atoms with Gasteiger partial charge in [-0.25, -0.2) is 0 Å². The van der Waals surface area contributed by atoms with E-state index in [-0.39, 0.29) is 0 Å². The van der Waals surface area contributed by atoms with Crippen molar-refractivity contribution in [3.8, 4) is 33.6 Å². The van der Waals surface area contributed by atoms with Gasteiger partial charge in [0.1, 0.15) is 0 Å². The highest BCUT2D eigenvalue weighted by atomic mass is 32.1. The van der Waals surface area contributed by atoms with E-state index in [9.17, 15) is 0 Å². The van der Waals surface area contributed by atoms with E-state index in [1.54, 1.807) is 0 Å². The van der Waals surface area contributed by atoms with E-state index in [4.69, 9.17) is 0 Å². The van der Waals surface area contributed by atoms with Crippen molar-refractivity contribution in [2.24, 2.45) is 0 Å². The standard InChI is InChI=1S/C48H30N2S/c1-2-11-31(12-3-1)32-13-10-14-35(27-32)49-43-18-7-4-15-37(43)39-24-21-33(28-45(39)49)34-22-25-40-38-16-5-8-19-44(38)50(46(40)29-34)36-23-26-48-42(30-36)41-17-6-9-20-47(41)51-48/h1-30H. The molecule has 0 aliphatic rings. The fourth-order valence-corrected chi connectivity index (χ4v) is 9.25. The maximum absolute atomic E-state index is 2.45. The molecule has 11 rings (SSSR count). The third-order valence-corrected chi connectivity index (χ3v) is 11.7. The largest absolute Gasteiger partial charge is 0.309 e. The van der Waals surface area contributed by atoms with E-state index >= 15 is 0 Å². The zero-order chi connectivity index (χ0) is 33.5. The Bertz CT molecular complexity index is 3140. The highest BCUT2D eigenvalue weighted by Crippen LogP contribution is 2.40. The molecule has 0 aliphatic heterocycles. The summed E-state index contributed by atoms with van der Waals surface area (Å²) in [7, 11) is 0. The molecule has 0 radical (unpaired) electrons. The summed E-state index contributed by atoms with van der Waals surface area (Å²) in [5, 5.41) is 7.67. The summed E-state index contributed by atoms with van der Waals surface area (Å²) >= 11 is 1.86. The van der Waals surface area contributed by atoms with Gasteiger partial charge in [0.25, 0.3) is 0 Å². The second-order valence-electron chi connectivity index (χ2n) is 13.4. The third-order valence-electron chi connectivity index (χ3n) is 10.5. The smallest absolute Gasteiger partial charge is 0.0547 e. The molecule has 0 saturated carbocycles. The van der Waals surface area contributed by atoms with Gasteiger partial charge in [-0.3, -0.25) is 0 Å². The molecule has 11 aromatic rings. The van der Waals surface area contributed by atoms with Crippen molar-refractivity contribution >= 4 is 75.1 Å². The number of thiophene rings is 1. The number of aromatic nitrogens is 2. The Kier molecular flexibility index (Phi) is 6.16. The fourth-order valence-electron chi connectivity index (χ4n) is 8.16. The first-order chi connectivity index (χ1) is 25.3. The van der Waals surface area contributed by atoms with Crippen molar-refractivity contribution in [3.05, 3.63) is 182 Å². The first-order valence-electron chi connectivity index (χ1n) is 17.4. The quantitative estimate of drug-likeness (QED) is 0.177. The summed E-state index contributed by atoms with van der Waals surface area (Å²) in [5.74, 6) is 0. The van der Waals surface area contributed by atoms with Gasteiger partial charge in [-0.1, -0.05) is 121 Å². The molecule has 0 fully saturated rings. The normalized spacial score (nSPS) is 11.9. The predicted molar refractivity (Wildman–Crippen MR) is 219 cm³/mol. The summed E-state index contributed by atoms with van der Waals surface area (Å²) in [6.07, 6.45) is 0. The molecule has 0 spiro atoms. The maximum Gasteiger partial charge on any atom is 0.0547 e. The number of rotatable bonds is 4. The average Bonchev–Trinajstić information content (AvgIpc) is 3.85. The Morgan fingerprint density at radius 2 is 0.784 bits per heavy atom. The van der Waals surface area contributed by atoms with Crippen LogP contribution in [-0.2, 0) is 0 Å². The van der Waals surface area contributed by atoms with Gasteiger partial charge in [0, 0.05) is 53.1 Å². The third kappa shape index (κ3) is 4.35. The number of benzene rings is 8. The van der Waals surface area contributed by atoms with E-state index < -0.39 is 0 Å². The monoisotopic (exact) mass is 666 g/mol. The molecule has 0 aliphatic carbocycles. The second kappa shape index (κ2) is 11.0. The Morgan fingerprint density at radius 1 is 0.275 bits per heavy atom. The van der Waals surface area contributed by atoms with Gasteiger partial charge < -0.3 is 9.13 Å². The van der Waals surface area contributed by atoms with Crippen molar-refractivity contribution in [2.75, 3.05) is 0 Å². The number of hydrogen-bond acceptors (Lipinski definition) is 1. The van der Waals surface area contributed by atoms with Crippen molar-refractivity contribution in [1.82, 2.24) is 9.13 Å². The minimum Gasteiger partial charge on any atom is -0.309 e. The van der Waals surface area contributed by atoms with Crippen molar-refractivity contribution < 1.29 is 0 Å². The summed E-state index contributed by atoms with van der Waals surface area (Å²) < 4.78 is 7.52. The van der Waals surface area contributed by atoms with Crippen LogP contribution < -0.4 is 0 Å². The van der Waals surface area contributed by atoms with Crippen LogP contribution in [0.15, 0.2) is 182 Å². The summed E-state index contributed by atoms with van der Waals surface area (Å²) in [6, 6.07) is 66.8. The molecular formula is C48H30N2S. The van der Waals surface area contributed by atoms with Gasteiger partial charge in [-0.2, -0.15) is 0 Å². The molecule has 8 aromatic carbocycles. The Hall–Kier alpha value is -6.42. The van der Waals surface area contributed by atoms with Crippen LogP contribution >= 0.6 is 11.3 Å². The van der Waals surface area contributed by atoms with Crippen molar-refractivity contribution in [3.63, 3.8) is 0 Å². The molecule has 0 saturated heterocycles. The lowest BCUT2D eigenvalue weighted by Crippen LogP contribution is -1.95. The first kappa shape index (κ1) is 28.4. The molecule has 238 valence electrons. The van der Waals surface area contributed by atoms with Crippen molar-refractivity contribution in [1.29, 1.82) is 0 Å². The van der Waals surface area contributed by atoms with E-state index in [1.165, 1.54) is 91.7 Å². The van der Waals surface area contributed by atoms with Gasteiger partial charge in [0.05, 0.1) is 22.1 Å². The first-order valence-corrected chi connectivity index (χ1v) is 18.2. The minimum absolute atomic E-state index is 1.16. The van der Waals surface area contributed by atoms with E-state index in [0.717, 1.165) is 5.69 Å². The highest BCUT2D eigenvalue weighted by molar-refractivity contribution is 7.25. The van der Waals surface area contributed by atoms with Gasteiger partial charge in [0.15, 0.2) is 0 Å². The minimum atomic E-state index is 1.16. The molecule has 3 heteroatoms. The molecule has 0 unspecified atom stereocenters. The van der Waals surface area contributed by atoms with Crippen molar-refractivity contribution in [2.45, 2.75) is 0 Å². The molecule has 3 aromatic heterocycles. The van der Waals surface area contributed by atoms with E-state index in [0.29, 0.717) is 0 Å². The van der Waals surface area contributed by atoms with E-state index in [1.807, 2.05) is 11.3 Å². The van der Waals surface area contributed by atoms with Crippen LogP contribution in [0.3, 0.4) is 0 Å². The van der Waals surface area contributed by atoms with Crippen LogP contribution in [0.5, 0.6) is 0 Å². The number of nitrogens with zero attached hydrogens (tertiary/aromatic N) is 2. The number of fused-ring (bicyclic) bond motifs is 9. The summed E-state index contributed by atoms with van der Waals surface area (Å²) in [6.45, 7) is 0. The van der Waals surface area contributed by atoms with Gasteiger partial charge in [0.2, 0.25) is 0 Å². The summed E-state index contributed by atoms with van der Waals surface area (Å²) in [5.41, 5.74) is 12.0. The summed E-state index contributed by atoms with van der Waals surface area (Å²) in [4.78, 5) is 0. The fraction of sp³-hybridized carbons (Fsp3) is 0.